The van der Waals surface area contributed by atoms with E-state index in [2.05, 4.69) is 17.6 Å². The highest BCUT2D eigenvalue weighted by Crippen LogP contribution is 2.46. The molecule has 0 heterocycles. The summed E-state index contributed by atoms with van der Waals surface area (Å²) < 4.78 is 0. The molecular weight excluding hydrogens is 204 g/mol. The number of amides is 2. The SMILES string of the molecule is CCCCNC(=O)C1(C(=O)NC2CC2)CC1. The Morgan fingerprint density at radius 2 is 1.94 bits per heavy atom. The molecule has 16 heavy (non-hydrogen) atoms. The van der Waals surface area contributed by atoms with Gasteiger partial charge in [0, 0.05) is 12.6 Å². The zero-order valence-electron chi connectivity index (χ0n) is 9.84. The van der Waals surface area contributed by atoms with Crippen LogP contribution in [0.3, 0.4) is 0 Å². The van der Waals surface area contributed by atoms with E-state index >= 15 is 0 Å². The molecule has 0 bridgehead atoms. The zero-order chi connectivity index (χ0) is 11.6. The average molecular weight is 224 g/mol. The molecule has 2 aliphatic rings. The van der Waals surface area contributed by atoms with Gasteiger partial charge in [-0.2, -0.15) is 0 Å². The largest absolute Gasteiger partial charge is 0.355 e. The van der Waals surface area contributed by atoms with Gasteiger partial charge < -0.3 is 10.6 Å². The first-order chi connectivity index (χ1) is 7.69. The first-order valence-electron chi connectivity index (χ1n) is 6.28. The van der Waals surface area contributed by atoms with Gasteiger partial charge in [-0.25, -0.2) is 0 Å². The Morgan fingerprint density at radius 3 is 2.44 bits per heavy atom. The molecular formula is C12H20N2O2. The maximum atomic E-state index is 11.9. The summed E-state index contributed by atoms with van der Waals surface area (Å²) in [5, 5.41) is 5.79. The van der Waals surface area contributed by atoms with Crippen LogP contribution in [-0.4, -0.2) is 24.4 Å². The number of carbonyl (C=O) groups is 2. The summed E-state index contributed by atoms with van der Waals surface area (Å²) >= 11 is 0. The number of carbonyl (C=O) groups excluding carboxylic acids is 2. The lowest BCUT2D eigenvalue weighted by Gasteiger charge is -2.14. The third-order valence-electron chi connectivity index (χ3n) is 3.35. The van der Waals surface area contributed by atoms with Crippen molar-refractivity contribution in [3.63, 3.8) is 0 Å². The van der Waals surface area contributed by atoms with Gasteiger partial charge >= 0.3 is 0 Å². The molecule has 2 rings (SSSR count). The van der Waals surface area contributed by atoms with Crippen molar-refractivity contribution in [2.75, 3.05) is 6.54 Å². The molecule has 0 aromatic rings. The van der Waals surface area contributed by atoms with Gasteiger partial charge in [-0.1, -0.05) is 13.3 Å². The van der Waals surface area contributed by atoms with Crippen LogP contribution in [0.5, 0.6) is 0 Å². The first kappa shape index (κ1) is 11.4. The second-order valence-corrected chi connectivity index (χ2v) is 4.94. The fourth-order valence-corrected chi connectivity index (χ4v) is 1.78. The Balaban J connectivity index is 1.81. The highest BCUT2D eigenvalue weighted by Gasteiger charge is 2.56. The third kappa shape index (κ3) is 2.36. The normalized spacial score (nSPS) is 21.3. The predicted molar refractivity (Wildman–Crippen MR) is 60.7 cm³/mol. The molecule has 90 valence electrons. The molecule has 0 aromatic carbocycles. The van der Waals surface area contributed by atoms with E-state index < -0.39 is 5.41 Å². The van der Waals surface area contributed by atoms with Gasteiger partial charge in [0.15, 0.2) is 0 Å². The van der Waals surface area contributed by atoms with Crippen LogP contribution in [0.25, 0.3) is 0 Å². The summed E-state index contributed by atoms with van der Waals surface area (Å²) in [6.07, 6.45) is 5.60. The van der Waals surface area contributed by atoms with E-state index in [1.807, 2.05) is 0 Å². The molecule has 4 heteroatoms. The molecule has 0 radical (unpaired) electrons. The Hall–Kier alpha value is -1.06. The maximum absolute atomic E-state index is 11.9. The Morgan fingerprint density at radius 1 is 1.25 bits per heavy atom. The summed E-state index contributed by atoms with van der Waals surface area (Å²) in [5.74, 6) is -0.122. The number of hydrogen-bond acceptors (Lipinski definition) is 2. The molecule has 0 saturated heterocycles. The number of rotatable bonds is 6. The second kappa shape index (κ2) is 4.44. The molecule has 2 amide bonds. The van der Waals surface area contributed by atoms with E-state index in [0.717, 1.165) is 25.7 Å². The van der Waals surface area contributed by atoms with Crippen LogP contribution >= 0.6 is 0 Å². The minimum Gasteiger partial charge on any atom is -0.355 e. The van der Waals surface area contributed by atoms with Crippen molar-refractivity contribution in [2.24, 2.45) is 5.41 Å². The molecule has 0 unspecified atom stereocenters. The van der Waals surface area contributed by atoms with Gasteiger partial charge in [-0.3, -0.25) is 9.59 Å². The highest BCUT2D eigenvalue weighted by molar-refractivity contribution is 6.08. The molecule has 2 aliphatic carbocycles. The number of unbranched alkanes of at least 4 members (excludes halogenated alkanes) is 1. The summed E-state index contributed by atoms with van der Waals surface area (Å²) in [4.78, 5) is 23.8. The van der Waals surface area contributed by atoms with Crippen LogP contribution in [0, 0.1) is 5.41 Å². The van der Waals surface area contributed by atoms with Crippen molar-refractivity contribution < 1.29 is 9.59 Å². The van der Waals surface area contributed by atoms with Gasteiger partial charge in [0.1, 0.15) is 5.41 Å². The Labute approximate surface area is 96.2 Å². The minimum atomic E-state index is -0.712. The second-order valence-electron chi connectivity index (χ2n) is 4.94. The maximum Gasteiger partial charge on any atom is 0.235 e. The standard InChI is InChI=1S/C12H20N2O2/c1-2-3-8-13-10(15)12(6-7-12)11(16)14-9-4-5-9/h9H,2-8H2,1H3,(H,13,15)(H,14,16). The molecule has 0 atom stereocenters. The van der Waals surface area contributed by atoms with Crippen molar-refractivity contribution in [1.29, 1.82) is 0 Å². The topological polar surface area (TPSA) is 58.2 Å². The molecule has 2 fully saturated rings. The molecule has 4 nitrogen and oxygen atoms in total. The van der Waals surface area contributed by atoms with E-state index in [0.29, 0.717) is 25.4 Å². The average Bonchev–Trinajstić information content (AvgIpc) is 3.12. The lowest BCUT2D eigenvalue weighted by Crippen LogP contribution is -2.44. The quantitative estimate of drug-likeness (QED) is 0.521. The molecule has 0 spiro atoms. The van der Waals surface area contributed by atoms with Gasteiger partial charge in [0.05, 0.1) is 0 Å². The van der Waals surface area contributed by atoms with Crippen molar-refractivity contribution in [2.45, 2.75) is 51.5 Å². The lowest BCUT2D eigenvalue weighted by atomic mass is 10.1. The van der Waals surface area contributed by atoms with Crippen LogP contribution < -0.4 is 10.6 Å². The van der Waals surface area contributed by atoms with Crippen molar-refractivity contribution in [3.05, 3.63) is 0 Å². The Kier molecular flexibility index (Phi) is 3.17. The van der Waals surface area contributed by atoms with Crippen LogP contribution in [0.4, 0.5) is 0 Å². The van der Waals surface area contributed by atoms with Gasteiger partial charge in [-0.05, 0) is 32.1 Å². The molecule has 0 aliphatic heterocycles. The van der Waals surface area contributed by atoms with Crippen LogP contribution in [0.1, 0.15) is 45.4 Å². The third-order valence-corrected chi connectivity index (χ3v) is 3.35. The summed E-state index contributed by atoms with van der Waals surface area (Å²) in [6.45, 7) is 2.77. The summed E-state index contributed by atoms with van der Waals surface area (Å²) in [6, 6.07) is 0.341. The zero-order valence-corrected chi connectivity index (χ0v) is 9.84. The van der Waals surface area contributed by atoms with Crippen molar-refractivity contribution in [1.82, 2.24) is 10.6 Å². The summed E-state index contributed by atoms with van der Waals surface area (Å²) in [5.41, 5.74) is -0.712. The highest BCUT2D eigenvalue weighted by atomic mass is 16.2. The van der Waals surface area contributed by atoms with Crippen LogP contribution in [-0.2, 0) is 9.59 Å². The van der Waals surface area contributed by atoms with Gasteiger partial charge in [0.2, 0.25) is 11.8 Å². The van der Waals surface area contributed by atoms with Crippen LogP contribution in [0.2, 0.25) is 0 Å². The van der Waals surface area contributed by atoms with Crippen LogP contribution in [0.15, 0.2) is 0 Å². The minimum absolute atomic E-state index is 0.0519. The fourth-order valence-electron chi connectivity index (χ4n) is 1.78. The molecule has 0 aromatic heterocycles. The van der Waals surface area contributed by atoms with E-state index in [-0.39, 0.29) is 11.8 Å². The lowest BCUT2D eigenvalue weighted by molar-refractivity contribution is -0.137. The smallest absolute Gasteiger partial charge is 0.235 e. The first-order valence-corrected chi connectivity index (χ1v) is 6.28. The van der Waals surface area contributed by atoms with Crippen molar-refractivity contribution >= 4 is 11.8 Å². The number of hydrogen-bond donors (Lipinski definition) is 2. The monoisotopic (exact) mass is 224 g/mol. The van der Waals surface area contributed by atoms with E-state index in [4.69, 9.17) is 0 Å². The predicted octanol–water partition coefficient (Wildman–Crippen LogP) is 0.961. The van der Waals surface area contributed by atoms with Crippen molar-refractivity contribution in [3.8, 4) is 0 Å². The number of nitrogens with one attached hydrogen (secondary N) is 2. The van der Waals surface area contributed by atoms with Gasteiger partial charge in [-0.15, -0.1) is 0 Å². The van der Waals surface area contributed by atoms with E-state index in [1.54, 1.807) is 0 Å². The summed E-state index contributed by atoms with van der Waals surface area (Å²) in [7, 11) is 0. The molecule has 2 saturated carbocycles. The van der Waals surface area contributed by atoms with Gasteiger partial charge in [0.25, 0.3) is 0 Å². The van der Waals surface area contributed by atoms with E-state index in [1.165, 1.54) is 0 Å². The fraction of sp³-hybridized carbons (Fsp3) is 0.833. The molecule has 2 N–H and O–H groups in total. The van der Waals surface area contributed by atoms with E-state index in [9.17, 15) is 9.59 Å². The Bertz CT molecular complexity index is 293.